The van der Waals surface area contributed by atoms with Crippen molar-refractivity contribution < 1.29 is 14.2 Å². The van der Waals surface area contributed by atoms with Crippen molar-refractivity contribution in [2.45, 2.75) is 66.2 Å². The topological polar surface area (TPSA) is 60.6 Å². The molecule has 31 heavy (non-hydrogen) atoms. The Morgan fingerprint density at radius 3 is 2.55 bits per heavy atom. The molecule has 0 amide bonds. The number of aromatic amines is 1. The first-order valence-electron chi connectivity index (χ1n) is 11.2. The number of ether oxygens (including phenoxy) is 3. The van der Waals surface area contributed by atoms with Crippen LogP contribution in [0.5, 0.6) is 17.2 Å². The van der Waals surface area contributed by atoms with E-state index in [0.29, 0.717) is 30.2 Å². The van der Waals surface area contributed by atoms with Crippen molar-refractivity contribution in [3.8, 4) is 17.2 Å². The van der Waals surface area contributed by atoms with Gasteiger partial charge in [-0.1, -0.05) is 43.4 Å². The lowest BCUT2D eigenvalue weighted by molar-refractivity contribution is 0.282. The predicted molar refractivity (Wildman–Crippen MR) is 129 cm³/mol. The average molecular weight is 428 g/mol. The Morgan fingerprint density at radius 2 is 1.84 bits per heavy atom. The molecule has 1 N–H and O–H groups in total. The van der Waals surface area contributed by atoms with E-state index in [1.165, 1.54) is 17.6 Å². The number of H-pyrrole nitrogens is 1. The lowest BCUT2D eigenvalue weighted by Crippen LogP contribution is -2.14. The van der Waals surface area contributed by atoms with Crippen LogP contribution in [0.1, 0.15) is 66.2 Å². The number of allylic oxidation sites excluding steroid dienone is 3. The SMILES string of the molecule is CCCCCCOc1c(OC)c2ccc(OC/C=C(\C)CCC=C(C)C)cc2[nH]c1=O. The van der Waals surface area contributed by atoms with Gasteiger partial charge in [-0.2, -0.15) is 0 Å². The number of nitrogens with one attached hydrogen (secondary N) is 1. The molecule has 0 saturated heterocycles. The molecular weight excluding hydrogens is 390 g/mol. The fraction of sp³-hybridized carbons (Fsp3) is 0.500. The number of unbranched alkanes of at least 4 members (excludes halogenated alkanes) is 3. The number of hydrogen-bond donors (Lipinski definition) is 1. The Bertz CT molecular complexity index is 952. The summed E-state index contributed by atoms with van der Waals surface area (Å²) in [7, 11) is 1.56. The van der Waals surface area contributed by atoms with Gasteiger partial charge in [-0.3, -0.25) is 4.79 Å². The molecule has 0 aliphatic rings. The molecule has 0 aliphatic heterocycles. The van der Waals surface area contributed by atoms with Gasteiger partial charge in [0, 0.05) is 11.5 Å². The second-order valence-corrected chi connectivity index (χ2v) is 8.11. The number of rotatable bonds is 13. The molecule has 1 aromatic carbocycles. The number of fused-ring (bicyclic) bond motifs is 1. The molecule has 0 unspecified atom stereocenters. The molecule has 170 valence electrons. The van der Waals surface area contributed by atoms with Crippen molar-refractivity contribution in [1.29, 1.82) is 0 Å². The first-order valence-corrected chi connectivity index (χ1v) is 11.2. The van der Waals surface area contributed by atoms with Gasteiger partial charge >= 0.3 is 0 Å². The van der Waals surface area contributed by atoms with Gasteiger partial charge in [-0.15, -0.1) is 0 Å². The summed E-state index contributed by atoms with van der Waals surface area (Å²) in [6.45, 7) is 9.51. The Labute approximate surface area is 186 Å². The summed E-state index contributed by atoms with van der Waals surface area (Å²) in [4.78, 5) is 15.5. The van der Waals surface area contributed by atoms with E-state index in [9.17, 15) is 4.79 Å². The van der Waals surface area contributed by atoms with E-state index in [2.05, 4.69) is 44.8 Å². The van der Waals surface area contributed by atoms with E-state index >= 15 is 0 Å². The molecule has 5 heteroatoms. The Kier molecular flexibility index (Phi) is 10.2. The van der Waals surface area contributed by atoms with Gasteiger partial charge in [-0.05, 0) is 58.2 Å². The van der Waals surface area contributed by atoms with Crippen molar-refractivity contribution in [1.82, 2.24) is 4.98 Å². The molecule has 2 rings (SSSR count). The second-order valence-electron chi connectivity index (χ2n) is 8.11. The van der Waals surface area contributed by atoms with Crippen molar-refractivity contribution >= 4 is 10.9 Å². The van der Waals surface area contributed by atoms with Crippen molar-refractivity contribution in [2.75, 3.05) is 20.3 Å². The van der Waals surface area contributed by atoms with E-state index in [1.54, 1.807) is 7.11 Å². The quantitative estimate of drug-likeness (QED) is 0.290. The monoisotopic (exact) mass is 427 g/mol. The zero-order chi connectivity index (χ0) is 22.6. The third kappa shape index (κ3) is 7.82. The number of benzene rings is 1. The van der Waals surface area contributed by atoms with Gasteiger partial charge in [0.25, 0.3) is 5.56 Å². The summed E-state index contributed by atoms with van der Waals surface area (Å²) in [5.41, 5.74) is 3.03. The first-order chi connectivity index (χ1) is 15.0. The zero-order valence-electron chi connectivity index (χ0n) is 19.7. The van der Waals surface area contributed by atoms with Crippen LogP contribution in [0.15, 0.2) is 46.3 Å². The standard InChI is InChI=1S/C26H37NO4/c1-6-7-8-9-16-31-25-24(29-5)22-14-13-21(18-23(22)27-26(25)28)30-17-15-20(4)12-10-11-19(2)3/h11,13-15,18H,6-10,12,16-17H2,1-5H3,(H,27,28)/b20-15+. The van der Waals surface area contributed by atoms with Crippen LogP contribution in [-0.2, 0) is 0 Å². The molecule has 0 aliphatic carbocycles. The van der Waals surface area contributed by atoms with Crippen molar-refractivity contribution in [3.05, 3.63) is 51.9 Å². The van der Waals surface area contributed by atoms with Crippen LogP contribution in [-0.4, -0.2) is 25.3 Å². The molecule has 5 nitrogen and oxygen atoms in total. The zero-order valence-corrected chi connectivity index (χ0v) is 19.7. The van der Waals surface area contributed by atoms with Crippen LogP contribution < -0.4 is 19.8 Å². The smallest absolute Gasteiger partial charge is 0.294 e. The largest absolute Gasteiger partial charge is 0.492 e. The summed E-state index contributed by atoms with van der Waals surface area (Å²) in [6, 6.07) is 5.62. The van der Waals surface area contributed by atoms with E-state index in [4.69, 9.17) is 14.2 Å². The first kappa shape index (κ1) is 24.6. The molecule has 0 bridgehead atoms. The maximum absolute atomic E-state index is 12.6. The van der Waals surface area contributed by atoms with Gasteiger partial charge in [0.2, 0.25) is 5.75 Å². The molecule has 0 radical (unpaired) electrons. The van der Waals surface area contributed by atoms with Crippen LogP contribution in [0.4, 0.5) is 0 Å². The average Bonchev–Trinajstić information content (AvgIpc) is 2.73. The molecule has 2 aromatic rings. The van der Waals surface area contributed by atoms with E-state index in [1.807, 2.05) is 18.2 Å². The van der Waals surface area contributed by atoms with Gasteiger partial charge in [0.1, 0.15) is 12.4 Å². The molecule has 1 aromatic heterocycles. The summed E-state index contributed by atoms with van der Waals surface area (Å²) < 4.78 is 17.2. The van der Waals surface area contributed by atoms with E-state index in [-0.39, 0.29) is 11.3 Å². The van der Waals surface area contributed by atoms with Crippen LogP contribution in [0, 0.1) is 0 Å². The van der Waals surface area contributed by atoms with Crippen LogP contribution in [0.2, 0.25) is 0 Å². The maximum Gasteiger partial charge on any atom is 0.294 e. The van der Waals surface area contributed by atoms with Gasteiger partial charge in [-0.25, -0.2) is 0 Å². The Morgan fingerprint density at radius 1 is 1.03 bits per heavy atom. The Hall–Kier alpha value is -2.69. The van der Waals surface area contributed by atoms with Crippen LogP contribution in [0.3, 0.4) is 0 Å². The number of aromatic nitrogens is 1. The minimum absolute atomic E-state index is 0.245. The lowest BCUT2D eigenvalue weighted by atomic mass is 10.1. The molecule has 0 atom stereocenters. The van der Waals surface area contributed by atoms with Crippen molar-refractivity contribution in [2.24, 2.45) is 0 Å². The maximum atomic E-state index is 12.6. The molecule has 0 spiro atoms. The highest BCUT2D eigenvalue weighted by atomic mass is 16.5. The number of pyridine rings is 1. The van der Waals surface area contributed by atoms with Crippen LogP contribution in [0.25, 0.3) is 10.9 Å². The highest BCUT2D eigenvalue weighted by molar-refractivity contribution is 5.88. The van der Waals surface area contributed by atoms with E-state index < -0.39 is 0 Å². The normalized spacial score (nSPS) is 11.5. The fourth-order valence-corrected chi connectivity index (χ4v) is 3.33. The number of methoxy groups -OCH3 is 1. The minimum Gasteiger partial charge on any atom is -0.492 e. The second kappa shape index (κ2) is 12.9. The third-order valence-corrected chi connectivity index (χ3v) is 5.12. The third-order valence-electron chi connectivity index (χ3n) is 5.12. The fourth-order valence-electron chi connectivity index (χ4n) is 3.33. The molecule has 1 heterocycles. The molecule has 0 fully saturated rings. The highest BCUT2D eigenvalue weighted by Crippen LogP contribution is 2.33. The molecule has 0 saturated carbocycles. The minimum atomic E-state index is -0.285. The van der Waals surface area contributed by atoms with Crippen LogP contribution >= 0.6 is 0 Å². The Balaban J connectivity index is 2.07. The molecular formula is C26H37NO4. The van der Waals surface area contributed by atoms with Gasteiger partial charge in [0.05, 0.1) is 19.2 Å². The highest BCUT2D eigenvalue weighted by Gasteiger charge is 2.15. The van der Waals surface area contributed by atoms with E-state index in [0.717, 1.165) is 37.5 Å². The summed E-state index contributed by atoms with van der Waals surface area (Å²) in [5.74, 6) is 1.41. The number of hydrogen-bond acceptors (Lipinski definition) is 4. The van der Waals surface area contributed by atoms with Gasteiger partial charge < -0.3 is 19.2 Å². The summed E-state index contributed by atoms with van der Waals surface area (Å²) in [5, 5.41) is 0.798. The lowest BCUT2D eigenvalue weighted by Gasteiger charge is -2.13. The van der Waals surface area contributed by atoms with Crippen molar-refractivity contribution in [3.63, 3.8) is 0 Å². The van der Waals surface area contributed by atoms with Gasteiger partial charge in [0.15, 0.2) is 5.75 Å². The predicted octanol–water partition coefficient (Wildman–Crippen LogP) is 6.57. The summed E-state index contributed by atoms with van der Waals surface area (Å²) >= 11 is 0. The summed E-state index contributed by atoms with van der Waals surface area (Å²) in [6.07, 6.45) is 10.8.